The first-order valence-electron chi connectivity index (χ1n) is 4.58. The van der Waals surface area contributed by atoms with E-state index < -0.39 is 12.2 Å². The Kier molecular flexibility index (Phi) is 6.57. The molecule has 0 aromatic carbocycles. The van der Waals surface area contributed by atoms with Gasteiger partial charge in [0.05, 0.1) is 12.2 Å². The molecule has 0 aromatic heterocycles. The number of hydrogen-bond donors (Lipinski definition) is 2. The highest BCUT2D eigenvalue weighted by atomic mass is 16.3. The Hall–Kier alpha value is -0.0800. The van der Waals surface area contributed by atoms with Crippen molar-refractivity contribution >= 4 is 0 Å². The lowest BCUT2D eigenvalue weighted by molar-refractivity contribution is 0.0114. The van der Waals surface area contributed by atoms with E-state index in [4.69, 9.17) is 0 Å². The summed E-state index contributed by atoms with van der Waals surface area (Å²) in [6, 6.07) is 0. The fraction of sp³-hybridized carbons (Fsp3) is 1.00. The third-order valence-corrected chi connectivity index (χ3v) is 1.97. The van der Waals surface area contributed by atoms with Gasteiger partial charge in [0.25, 0.3) is 0 Å². The van der Waals surface area contributed by atoms with Crippen molar-refractivity contribution in [1.82, 2.24) is 0 Å². The lowest BCUT2D eigenvalue weighted by atomic mass is 10.0. The maximum atomic E-state index is 9.29. The van der Waals surface area contributed by atoms with Crippen LogP contribution in [0.25, 0.3) is 0 Å². The van der Waals surface area contributed by atoms with Crippen LogP contribution in [0.1, 0.15) is 46.0 Å². The van der Waals surface area contributed by atoms with Gasteiger partial charge in [-0.05, 0) is 12.8 Å². The summed E-state index contributed by atoms with van der Waals surface area (Å²) in [4.78, 5) is 0. The molecule has 0 spiro atoms. The van der Waals surface area contributed by atoms with Crippen molar-refractivity contribution in [2.24, 2.45) is 0 Å². The molecule has 2 atom stereocenters. The van der Waals surface area contributed by atoms with E-state index in [9.17, 15) is 10.2 Å². The van der Waals surface area contributed by atoms with Crippen molar-refractivity contribution < 1.29 is 10.2 Å². The average Bonchev–Trinajstić information content (AvgIpc) is 2.03. The van der Waals surface area contributed by atoms with Gasteiger partial charge in [-0.25, -0.2) is 0 Å². The Balaban J connectivity index is 3.28. The van der Waals surface area contributed by atoms with E-state index in [1.165, 1.54) is 0 Å². The van der Waals surface area contributed by atoms with Crippen LogP contribution in [-0.2, 0) is 0 Å². The van der Waals surface area contributed by atoms with Crippen molar-refractivity contribution in [3.63, 3.8) is 0 Å². The van der Waals surface area contributed by atoms with E-state index in [-0.39, 0.29) is 0 Å². The number of aliphatic hydroxyl groups is 2. The summed E-state index contributed by atoms with van der Waals surface area (Å²) in [5.41, 5.74) is 0. The highest BCUT2D eigenvalue weighted by molar-refractivity contribution is 4.64. The molecule has 0 aliphatic heterocycles. The molecule has 0 saturated heterocycles. The van der Waals surface area contributed by atoms with Crippen molar-refractivity contribution in [2.75, 3.05) is 0 Å². The van der Waals surface area contributed by atoms with E-state index in [1.54, 1.807) is 0 Å². The number of aliphatic hydroxyl groups excluding tert-OH is 2. The molecule has 0 saturated carbocycles. The van der Waals surface area contributed by atoms with Crippen LogP contribution >= 0.6 is 0 Å². The van der Waals surface area contributed by atoms with Gasteiger partial charge in [-0.1, -0.05) is 33.1 Å². The first-order valence-corrected chi connectivity index (χ1v) is 4.58. The smallest absolute Gasteiger partial charge is 0.0799 e. The molecule has 68 valence electrons. The molecule has 0 amide bonds. The van der Waals surface area contributed by atoms with E-state index in [2.05, 4.69) is 6.92 Å². The minimum Gasteiger partial charge on any atom is -0.390 e. The predicted molar refractivity (Wildman–Crippen MR) is 46.4 cm³/mol. The lowest BCUT2D eigenvalue weighted by Crippen LogP contribution is -2.24. The van der Waals surface area contributed by atoms with Crippen LogP contribution in [0.3, 0.4) is 0 Å². The molecule has 0 heterocycles. The topological polar surface area (TPSA) is 40.5 Å². The van der Waals surface area contributed by atoms with Gasteiger partial charge in [-0.2, -0.15) is 0 Å². The summed E-state index contributed by atoms with van der Waals surface area (Å²) in [5, 5.41) is 18.5. The van der Waals surface area contributed by atoms with Crippen LogP contribution in [0.4, 0.5) is 0 Å². The average molecular weight is 160 g/mol. The summed E-state index contributed by atoms with van der Waals surface area (Å²) in [6.07, 6.45) is 3.69. The van der Waals surface area contributed by atoms with Crippen molar-refractivity contribution in [3.8, 4) is 0 Å². The van der Waals surface area contributed by atoms with E-state index in [0.717, 1.165) is 25.7 Å². The highest BCUT2D eigenvalue weighted by Gasteiger charge is 2.12. The normalized spacial score (nSPS) is 16.4. The number of hydrogen-bond acceptors (Lipinski definition) is 2. The fourth-order valence-electron chi connectivity index (χ4n) is 1.07. The minimum atomic E-state index is -0.521. The van der Waals surface area contributed by atoms with Gasteiger partial charge >= 0.3 is 0 Å². The summed E-state index contributed by atoms with van der Waals surface area (Å²) in [6.45, 7) is 4.01. The van der Waals surface area contributed by atoms with E-state index >= 15 is 0 Å². The Morgan fingerprint density at radius 2 is 1.64 bits per heavy atom. The Labute approximate surface area is 69.2 Å². The zero-order valence-corrected chi connectivity index (χ0v) is 7.58. The van der Waals surface area contributed by atoms with Crippen LogP contribution in [0.15, 0.2) is 0 Å². The van der Waals surface area contributed by atoms with Crippen LogP contribution in [0.2, 0.25) is 0 Å². The summed E-state index contributed by atoms with van der Waals surface area (Å²) >= 11 is 0. The Morgan fingerprint density at radius 1 is 1.00 bits per heavy atom. The van der Waals surface area contributed by atoms with Gasteiger partial charge in [-0.15, -0.1) is 0 Å². The summed E-state index contributed by atoms with van der Waals surface area (Å²) in [7, 11) is 0. The highest BCUT2D eigenvalue weighted by Crippen LogP contribution is 2.08. The SMILES string of the molecule is CCCCC[C@@H](O)[C@H](O)CC. The molecule has 0 aliphatic carbocycles. The maximum absolute atomic E-state index is 9.29. The predicted octanol–water partition coefficient (Wildman–Crippen LogP) is 1.70. The summed E-state index contributed by atoms with van der Waals surface area (Å²) < 4.78 is 0. The molecule has 0 radical (unpaired) electrons. The largest absolute Gasteiger partial charge is 0.390 e. The molecule has 0 unspecified atom stereocenters. The number of rotatable bonds is 6. The van der Waals surface area contributed by atoms with Gasteiger partial charge in [0, 0.05) is 0 Å². The maximum Gasteiger partial charge on any atom is 0.0799 e. The second-order valence-electron chi connectivity index (χ2n) is 3.04. The minimum absolute atomic E-state index is 0.508. The van der Waals surface area contributed by atoms with E-state index in [0.29, 0.717) is 6.42 Å². The molecule has 0 rings (SSSR count). The zero-order valence-electron chi connectivity index (χ0n) is 7.58. The van der Waals surface area contributed by atoms with Gasteiger partial charge in [-0.3, -0.25) is 0 Å². The second kappa shape index (κ2) is 6.62. The molecule has 11 heavy (non-hydrogen) atoms. The van der Waals surface area contributed by atoms with Crippen molar-refractivity contribution in [1.29, 1.82) is 0 Å². The molecule has 2 heteroatoms. The molecule has 0 bridgehead atoms. The van der Waals surface area contributed by atoms with Gasteiger partial charge in [0.1, 0.15) is 0 Å². The lowest BCUT2D eigenvalue weighted by Gasteiger charge is -2.15. The summed E-state index contributed by atoms with van der Waals surface area (Å²) in [5.74, 6) is 0. The van der Waals surface area contributed by atoms with Crippen molar-refractivity contribution in [3.05, 3.63) is 0 Å². The molecular weight excluding hydrogens is 140 g/mol. The third kappa shape index (κ3) is 5.22. The van der Waals surface area contributed by atoms with Crippen LogP contribution in [-0.4, -0.2) is 22.4 Å². The monoisotopic (exact) mass is 160 g/mol. The first-order chi connectivity index (χ1) is 5.22. The third-order valence-electron chi connectivity index (χ3n) is 1.97. The van der Waals surface area contributed by atoms with Crippen LogP contribution in [0.5, 0.6) is 0 Å². The molecule has 2 nitrogen and oxygen atoms in total. The zero-order chi connectivity index (χ0) is 8.69. The quantitative estimate of drug-likeness (QED) is 0.581. The second-order valence-corrected chi connectivity index (χ2v) is 3.04. The van der Waals surface area contributed by atoms with E-state index in [1.807, 2.05) is 6.92 Å². The Morgan fingerprint density at radius 3 is 2.09 bits per heavy atom. The van der Waals surface area contributed by atoms with Crippen LogP contribution in [0, 0.1) is 0 Å². The van der Waals surface area contributed by atoms with Crippen molar-refractivity contribution in [2.45, 2.75) is 58.2 Å². The first kappa shape index (κ1) is 10.9. The fourth-order valence-corrected chi connectivity index (χ4v) is 1.07. The Bertz CT molecular complexity index is 83.6. The van der Waals surface area contributed by atoms with Gasteiger partial charge < -0.3 is 10.2 Å². The molecular formula is C9H20O2. The van der Waals surface area contributed by atoms with Crippen LogP contribution < -0.4 is 0 Å². The molecule has 0 fully saturated rings. The van der Waals surface area contributed by atoms with Gasteiger partial charge in [0.15, 0.2) is 0 Å². The molecule has 0 aromatic rings. The molecule has 0 aliphatic rings. The standard InChI is InChI=1S/C9H20O2/c1-3-5-6-7-9(11)8(10)4-2/h8-11H,3-7H2,1-2H3/t8-,9-/m1/s1. The molecule has 2 N–H and O–H groups in total. The number of unbranched alkanes of at least 4 members (excludes halogenated alkanes) is 2. The van der Waals surface area contributed by atoms with Gasteiger partial charge in [0.2, 0.25) is 0 Å².